The fourth-order valence-electron chi connectivity index (χ4n) is 1.28. The lowest BCUT2D eigenvalue weighted by molar-refractivity contribution is -0.385. The van der Waals surface area contributed by atoms with E-state index >= 15 is 0 Å². The highest BCUT2D eigenvalue weighted by Gasteiger charge is 2.27. The van der Waals surface area contributed by atoms with Crippen molar-refractivity contribution in [1.82, 2.24) is 0 Å². The zero-order chi connectivity index (χ0) is 13.8. The summed E-state index contributed by atoms with van der Waals surface area (Å²) >= 11 is -0.130. The van der Waals surface area contributed by atoms with Crippen molar-refractivity contribution in [2.24, 2.45) is 0 Å². The van der Waals surface area contributed by atoms with Crippen molar-refractivity contribution in [3.8, 4) is 0 Å². The molecule has 0 aliphatic carbocycles. The lowest BCUT2D eigenvalue weighted by Crippen LogP contribution is -2.09. The molecule has 0 aliphatic rings. The molecule has 0 amide bonds. The van der Waals surface area contributed by atoms with Gasteiger partial charge in [0.05, 0.1) is 4.92 Å². The maximum absolute atomic E-state index is 11.9. The van der Waals surface area contributed by atoms with Crippen molar-refractivity contribution in [2.75, 3.05) is 17.6 Å². The van der Waals surface area contributed by atoms with Gasteiger partial charge in [-0.2, -0.15) is 13.2 Å². The standard InChI is InChI=1S/C10H11F3N2O2S/c1-7-2-3-8(6-9(7)15(16)17)14-4-5-18-10(11,12)13/h2-3,6,14H,4-5H2,1H3. The van der Waals surface area contributed by atoms with E-state index in [0.717, 1.165) is 0 Å². The topological polar surface area (TPSA) is 55.2 Å². The van der Waals surface area contributed by atoms with E-state index in [9.17, 15) is 23.3 Å². The highest BCUT2D eigenvalue weighted by atomic mass is 32.2. The van der Waals surface area contributed by atoms with Crippen molar-refractivity contribution >= 4 is 23.1 Å². The first kappa shape index (κ1) is 14.6. The van der Waals surface area contributed by atoms with Gasteiger partial charge in [0.15, 0.2) is 0 Å². The second kappa shape index (κ2) is 5.94. The van der Waals surface area contributed by atoms with Gasteiger partial charge in [-0.25, -0.2) is 0 Å². The van der Waals surface area contributed by atoms with Gasteiger partial charge >= 0.3 is 5.51 Å². The Kier molecular flexibility index (Phi) is 4.83. The molecule has 0 saturated heterocycles. The van der Waals surface area contributed by atoms with Gasteiger partial charge in [-0.15, -0.1) is 0 Å². The number of rotatable bonds is 5. The second-order valence-corrected chi connectivity index (χ2v) is 4.64. The predicted molar refractivity (Wildman–Crippen MR) is 64.8 cm³/mol. The van der Waals surface area contributed by atoms with Crippen LogP contribution in [0, 0.1) is 17.0 Å². The van der Waals surface area contributed by atoms with Gasteiger partial charge in [-0.05, 0) is 24.8 Å². The van der Waals surface area contributed by atoms with Crippen LogP contribution in [0.3, 0.4) is 0 Å². The molecule has 0 aromatic heterocycles. The fraction of sp³-hybridized carbons (Fsp3) is 0.400. The van der Waals surface area contributed by atoms with E-state index in [0.29, 0.717) is 11.3 Å². The van der Waals surface area contributed by atoms with Crippen LogP contribution in [-0.4, -0.2) is 22.7 Å². The van der Waals surface area contributed by atoms with Crippen LogP contribution in [-0.2, 0) is 0 Å². The molecule has 0 fully saturated rings. The summed E-state index contributed by atoms with van der Waals surface area (Å²) in [6.07, 6.45) is 0. The molecule has 8 heteroatoms. The zero-order valence-electron chi connectivity index (χ0n) is 9.45. The van der Waals surface area contributed by atoms with E-state index in [1.165, 1.54) is 6.07 Å². The molecule has 0 atom stereocenters. The molecule has 100 valence electrons. The van der Waals surface area contributed by atoms with Crippen LogP contribution < -0.4 is 5.32 Å². The molecule has 0 bridgehead atoms. The number of benzene rings is 1. The Labute approximate surface area is 106 Å². The smallest absolute Gasteiger partial charge is 0.384 e. The Balaban J connectivity index is 2.53. The number of nitro groups is 1. The molecule has 18 heavy (non-hydrogen) atoms. The Hall–Kier alpha value is -1.44. The number of anilines is 1. The monoisotopic (exact) mass is 280 g/mol. The van der Waals surface area contributed by atoms with E-state index in [4.69, 9.17) is 0 Å². The summed E-state index contributed by atoms with van der Waals surface area (Å²) in [6, 6.07) is 4.46. The van der Waals surface area contributed by atoms with Crippen molar-refractivity contribution < 1.29 is 18.1 Å². The summed E-state index contributed by atoms with van der Waals surface area (Å²) in [7, 11) is 0. The molecule has 1 rings (SSSR count). The first-order valence-electron chi connectivity index (χ1n) is 4.99. The number of hydrogen-bond acceptors (Lipinski definition) is 4. The van der Waals surface area contributed by atoms with Crippen LogP contribution in [0.25, 0.3) is 0 Å². The molecule has 0 unspecified atom stereocenters. The van der Waals surface area contributed by atoms with Crippen LogP contribution in [0.15, 0.2) is 18.2 Å². The molecule has 0 radical (unpaired) electrons. The molecular weight excluding hydrogens is 269 g/mol. The lowest BCUT2D eigenvalue weighted by Gasteiger charge is -2.08. The number of nitrogens with one attached hydrogen (secondary N) is 1. The number of aryl methyl sites for hydroxylation is 1. The van der Waals surface area contributed by atoms with Gasteiger partial charge in [0, 0.05) is 29.6 Å². The largest absolute Gasteiger partial charge is 0.441 e. The van der Waals surface area contributed by atoms with Crippen molar-refractivity contribution in [3.05, 3.63) is 33.9 Å². The third kappa shape index (κ3) is 4.82. The number of nitro benzene ring substituents is 1. The lowest BCUT2D eigenvalue weighted by atomic mass is 10.2. The summed E-state index contributed by atoms with van der Waals surface area (Å²) in [5.41, 5.74) is -3.35. The van der Waals surface area contributed by atoms with Gasteiger partial charge < -0.3 is 5.32 Å². The molecule has 1 aromatic carbocycles. The van der Waals surface area contributed by atoms with Crippen LogP contribution >= 0.6 is 11.8 Å². The van der Waals surface area contributed by atoms with E-state index in [2.05, 4.69) is 5.32 Å². The Morgan fingerprint density at radius 1 is 1.44 bits per heavy atom. The van der Waals surface area contributed by atoms with E-state index in [1.807, 2.05) is 0 Å². The molecule has 0 saturated carbocycles. The first-order valence-corrected chi connectivity index (χ1v) is 5.98. The average molecular weight is 280 g/mol. The molecule has 1 aromatic rings. The number of halogens is 3. The minimum Gasteiger partial charge on any atom is -0.384 e. The minimum atomic E-state index is -4.25. The number of hydrogen-bond donors (Lipinski definition) is 1. The van der Waals surface area contributed by atoms with Crippen LogP contribution in [0.2, 0.25) is 0 Å². The summed E-state index contributed by atoms with van der Waals surface area (Å²) in [5.74, 6) is -0.148. The Morgan fingerprint density at radius 2 is 2.11 bits per heavy atom. The Morgan fingerprint density at radius 3 is 2.67 bits per heavy atom. The van der Waals surface area contributed by atoms with Gasteiger partial charge in [-0.1, -0.05) is 6.07 Å². The van der Waals surface area contributed by atoms with Crippen molar-refractivity contribution in [3.63, 3.8) is 0 Å². The van der Waals surface area contributed by atoms with E-state index < -0.39 is 10.4 Å². The third-order valence-corrected chi connectivity index (χ3v) is 2.84. The van der Waals surface area contributed by atoms with Crippen LogP contribution in [0.5, 0.6) is 0 Å². The molecule has 0 heterocycles. The number of nitrogens with zero attached hydrogens (tertiary/aromatic N) is 1. The molecule has 0 spiro atoms. The van der Waals surface area contributed by atoms with Crippen LogP contribution in [0.1, 0.15) is 5.56 Å². The van der Waals surface area contributed by atoms with Gasteiger partial charge in [0.25, 0.3) is 5.69 Å². The third-order valence-electron chi connectivity index (χ3n) is 2.10. The maximum atomic E-state index is 11.9. The van der Waals surface area contributed by atoms with Crippen molar-refractivity contribution in [1.29, 1.82) is 0 Å². The van der Waals surface area contributed by atoms with Crippen molar-refractivity contribution in [2.45, 2.75) is 12.4 Å². The molecular formula is C10H11F3N2O2S. The predicted octanol–water partition coefficient (Wildman–Crippen LogP) is 3.57. The highest BCUT2D eigenvalue weighted by molar-refractivity contribution is 8.00. The first-order chi connectivity index (χ1) is 8.29. The summed E-state index contributed by atoms with van der Waals surface area (Å²) in [6.45, 7) is 1.69. The SMILES string of the molecule is Cc1ccc(NCCSC(F)(F)F)cc1[N+](=O)[O-]. The van der Waals surface area contributed by atoms with E-state index in [1.54, 1.807) is 19.1 Å². The zero-order valence-corrected chi connectivity index (χ0v) is 10.3. The van der Waals surface area contributed by atoms with Gasteiger partial charge in [-0.3, -0.25) is 10.1 Å². The summed E-state index contributed by atoms with van der Waals surface area (Å²) < 4.78 is 35.6. The summed E-state index contributed by atoms with van der Waals surface area (Å²) in [4.78, 5) is 10.1. The molecule has 0 aliphatic heterocycles. The second-order valence-electron chi connectivity index (χ2n) is 3.48. The highest BCUT2D eigenvalue weighted by Crippen LogP contribution is 2.29. The minimum absolute atomic E-state index is 0.0523. The summed E-state index contributed by atoms with van der Waals surface area (Å²) in [5, 5.41) is 13.4. The van der Waals surface area contributed by atoms with E-state index in [-0.39, 0.29) is 29.7 Å². The normalized spacial score (nSPS) is 11.3. The quantitative estimate of drug-likeness (QED) is 0.509. The Bertz CT molecular complexity index is 438. The van der Waals surface area contributed by atoms with Gasteiger partial charge in [0.2, 0.25) is 0 Å². The van der Waals surface area contributed by atoms with Gasteiger partial charge in [0.1, 0.15) is 0 Å². The average Bonchev–Trinajstić information content (AvgIpc) is 2.24. The number of alkyl halides is 3. The fourth-order valence-corrected chi connectivity index (χ4v) is 1.71. The number of thioether (sulfide) groups is 1. The molecule has 1 N–H and O–H groups in total. The molecule has 4 nitrogen and oxygen atoms in total. The maximum Gasteiger partial charge on any atom is 0.441 e. The van der Waals surface area contributed by atoms with Crippen LogP contribution in [0.4, 0.5) is 24.5 Å².